The number of aliphatic hydroxyl groups is 1. The summed E-state index contributed by atoms with van der Waals surface area (Å²) >= 11 is 5.95. The smallest absolute Gasteiger partial charge is 0.250 e. The third-order valence-corrected chi connectivity index (χ3v) is 5.45. The molecule has 0 heterocycles. The minimum Gasteiger partial charge on any atom is -0.397 e. The van der Waals surface area contributed by atoms with E-state index in [-0.39, 0.29) is 0 Å². The molecule has 16 heavy (non-hydrogen) atoms. The van der Waals surface area contributed by atoms with Crippen LogP contribution in [0, 0.1) is 10.7 Å². The van der Waals surface area contributed by atoms with Crippen LogP contribution in [0.15, 0.2) is 0 Å². The largest absolute Gasteiger partial charge is 0.397 e. The molecule has 1 unspecified atom stereocenters. The number of aliphatic hydroxyl groups excluding tert-OH is 1. The van der Waals surface area contributed by atoms with Crippen molar-refractivity contribution in [3.63, 3.8) is 0 Å². The zero-order valence-electron chi connectivity index (χ0n) is 7.80. The van der Waals surface area contributed by atoms with Gasteiger partial charge < -0.3 is 22.3 Å². The van der Waals surface area contributed by atoms with Gasteiger partial charge in [0.15, 0.2) is 6.10 Å². The highest BCUT2D eigenvalue weighted by molar-refractivity contribution is 14.1. The Bertz CT molecular complexity index is 435. The van der Waals surface area contributed by atoms with Crippen molar-refractivity contribution in [1.29, 1.82) is 0 Å². The predicted molar refractivity (Wildman–Crippen MR) is 87.6 cm³/mol. The molecular formula is C8H8I3N3O2. The van der Waals surface area contributed by atoms with Crippen LogP contribution in [0.1, 0.15) is 11.7 Å². The van der Waals surface area contributed by atoms with Gasteiger partial charge >= 0.3 is 0 Å². The van der Waals surface area contributed by atoms with E-state index in [1.165, 1.54) is 0 Å². The number of primary amides is 1. The summed E-state index contributed by atoms with van der Waals surface area (Å²) in [5.41, 5.74) is 18.0. The van der Waals surface area contributed by atoms with Gasteiger partial charge in [0, 0.05) is 12.7 Å². The molecule has 1 aromatic carbocycles. The number of rotatable bonds is 2. The highest BCUT2D eigenvalue weighted by Gasteiger charge is 2.25. The maximum Gasteiger partial charge on any atom is 0.250 e. The molecule has 1 rings (SSSR count). The highest BCUT2D eigenvalue weighted by atomic mass is 127. The number of carbonyl (C=O) groups excluding carboxylic acids is 1. The minimum atomic E-state index is -1.39. The van der Waals surface area contributed by atoms with Gasteiger partial charge in [-0.2, -0.15) is 0 Å². The average molecular weight is 559 g/mol. The van der Waals surface area contributed by atoms with Crippen molar-refractivity contribution in [1.82, 2.24) is 0 Å². The van der Waals surface area contributed by atoms with Crippen LogP contribution in [0.25, 0.3) is 0 Å². The normalized spacial score (nSPS) is 12.5. The van der Waals surface area contributed by atoms with Crippen molar-refractivity contribution in [2.75, 3.05) is 11.5 Å². The van der Waals surface area contributed by atoms with Crippen LogP contribution in [0.4, 0.5) is 11.4 Å². The Hall–Kier alpha value is 0.440. The Balaban J connectivity index is 3.57. The lowest BCUT2D eigenvalue weighted by Gasteiger charge is -2.17. The van der Waals surface area contributed by atoms with E-state index in [1.807, 2.05) is 67.8 Å². The van der Waals surface area contributed by atoms with Gasteiger partial charge in [0.1, 0.15) is 0 Å². The van der Waals surface area contributed by atoms with Gasteiger partial charge in [-0.05, 0) is 67.8 Å². The number of benzene rings is 1. The molecule has 7 N–H and O–H groups in total. The summed E-state index contributed by atoms with van der Waals surface area (Å²) in [6.45, 7) is 0. The van der Waals surface area contributed by atoms with E-state index in [0.717, 1.165) is 0 Å². The summed E-state index contributed by atoms with van der Waals surface area (Å²) in [5.74, 6) is -0.823. The Labute approximate surface area is 133 Å². The van der Waals surface area contributed by atoms with Crippen molar-refractivity contribution in [2.24, 2.45) is 5.73 Å². The first kappa shape index (κ1) is 14.5. The molecule has 0 bridgehead atoms. The zero-order valence-corrected chi connectivity index (χ0v) is 14.3. The summed E-state index contributed by atoms with van der Waals surface area (Å²) in [5, 5.41) is 9.70. The van der Waals surface area contributed by atoms with Gasteiger partial charge in [0.05, 0.1) is 14.9 Å². The zero-order chi connectivity index (χ0) is 12.6. The number of halogens is 3. The lowest BCUT2D eigenvalue weighted by Crippen LogP contribution is -2.23. The van der Waals surface area contributed by atoms with Crippen LogP contribution >= 0.6 is 67.8 Å². The second kappa shape index (κ2) is 5.39. The number of hydrogen-bond donors (Lipinski definition) is 4. The Morgan fingerprint density at radius 1 is 1.06 bits per heavy atom. The van der Waals surface area contributed by atoms with Gasteiger partial charge in [0.25, 0.3) is 5.91 Å². The van der Waals surface area contributed by atoms with Gasteiger partial charge in [-0.25, -0.2) is 0 Å². The Morgan fingerprint density at radius 3 is 1.75 bits per heavy atom. The van der Waals surface area contributed by atoms with Crippen molar-refractivity contribution >= 4 is 85.1 Å². The molecule has 0 radical (unpaired) electrons. The Kier molecular flexibility index (Phi) is 4.88. The second-order valence-corrected chi connectivity index (χ2v) is 6.22. The number of anilines is 2. The summed E-state index contributed by atoms with van der Waals surface area (Å²) in [6, 6.07) is 0. The number of nitrogen functional groups attached to an aromatic ring is 2. The van der Waals surface area contributed by atoms with E-state index >= 15 is 0 Å². The van der Waals surface area contributed by atoms with Crippen LogP contribution in [-0.2, 0) is 4.79 Å². The molecule has 0 aliphatic heterocycles. The average Bonchev–Trinajstić information content (AvgIpc) is 2.23. The van der Waals surface area contributed by atoms with Gasteiger partial charge in [-0.1, -0.05) is 0 Å². The van der Waals surface area contributed by atoms with E-state index in [9.17, 15) is 9.90 Å². The van der Waals surface area contributed by atoms with Crippen molar-refractivity contribution in [3.05, 3.63) is 16.3 Å². The predicted octanol–water partition coefficient (Wildman–Crippen LogP) is 1.18. The van der Waals surface area contributed by atoms with Gasteiger partial charge in [0.2, 0.25) is 0 Å². The summed E-state index contributed by atoms with van der Waals surface area (Å²) in [4.78, 5) is 11.0. The van der Waals surface area contributed by atoms with E-state index in [2.05, 4.69) is 0 Å². The maximum absolute atomic E-state index is 11.0. The first-order valence-electron chi connectivity index (χ1n) is 3.97. The number of carbonyl (C=O) groups is 1. The monoisotopic (exact) mass is 559 g/mol. The molecule has 0 fully saturated rings. The molecule has 0 aliphatic carbocycles. The molecule has 1 amide bonds. The van der Waals surface area contributed by atoms with Crippen LogP contribution in [0.2, 0.25) is 0 Å². The molecular weight excluding hydrogens is 551 g/mol. The SMILES string of the molecule is NC(=O)C(O)c1c(I)c(N)c(I)c(N)c1I. The van der Waals surface area contributed by atoms with Crippen molar-refractivity contribution in [3.8, 4) is 0 Å². The van der Waals surface area contributed by atoms with Crippen LogP contribution in [0.3, 0.4) is 0 Å². The third-order valence-electron chi connectivity index (χ3n) is 1.96. The van der Waals surface area contributed by atoms with Crippen LogP contribution < -0.4 is 17.2 Å². The summed E-state index contributed by atoms with van der Waals surface area (Å²) in [7, 11) is 0. The van der Waals surface area contributed by atoms with Crippen molar-refractivity contribution in [2.45, 2.75) is 6.10 Å². The van der Waals surface area contributed by atoms with Crippen LogP contribution in [0.5, 0.6) is 0 Å². The third kappa shape index (κ3) is 2.48. The standard InChI is InChI=1S/C8H8I3N3O2/c9-2-1(7(15)8(14)16)3(10)6(13)4(11)5(2)12/h7,15H,12-13H2,(H2,14,16). The second-order valence-electron chi connectivity index (χ2n) is 2.99. The maximum atomic E-state index is 11.0. The minimum absolute atomic E-state index is 0.379. The van der Waals surface area contributed by atoms with Crippen molar-refractivity contribution < 1.29 is 9.90 Å². The van der Waals surface area contributed by atoms with E-state index < -0.39 is 12.0 Å². The molecule has 0 aliphatic rings. The number of hydrogen-bond acceptors (Lipinski definition) is 4. The van der Waals surface area contributed by atoms with Gasteiger partial charge in [-0.3, -0.25) is 4.79 Å². The molecule has 5 nitrogen and oxygen atoms in total. The Morgan fingerprint density at radius 2 is 1.44 bits per heavy atom. The van der Waals surface area contributed by atoms with E-state index in [0.29, 0.717) is 27.6 Å². The molecule has 0 saturated heterocycles. The van der Waals surface area contributed by atoms with Crippen LogP contribution in [-0.4, -0.2) is 11.0 Å². The molecule has 0 spiro atoms. The van der Waals surface area contributed by atoms with Gasteiger partial charge in [-0.15, -0.1) is 0 Å². The molecule has 8 heteroatoms. The topological polar surface area (TPSA) is 115 Å². The molecule has 0 saturated carbocycles. The molecule has 1 atom stereocenters. The quantitative estimate of drug-likeness (QED) is 0.322. The molecule has 1 aromatic rings. The number of amides is 1. The lowest BCUT2D eigenvalue weighted by molar-refractivity contribution is -0.126. The first-order chi connectivity index (χ1) is 7.29. The fourth-order valence-electron chi connectivity index (χ4n) is 1.11. The summed E-state index contributed by atoms with van der Waals surface area (Å²) < 4.78 is 1.92. The fraction of sp³-hybridized carbons (Fsp3) is 0.125. The fourth-order valence-corrected chi connectivity index (χ4v) is 4.86. The lowest BCUT2D eigenvalue weighted by atomic mass is 10.1. The number of nitrogens with two attached hydrogens (primary N) is 3. The highest BCUT2D eigenvalue weighted by Crippen LogP contribution is 2.38. The van der Waals surface area contributed by atoms with E-state index in [1.54, 1.807) is 0 Å². The first-order valence-corrected chi connectivity index (χ1v) is 7.21. The molecule has 0 aromatic heterocycles. The van der Waals surface area contributed by atoms with E-state index in [4.69, 9.17) is 17.2 Å². The molecule has 88 valence electrons. The summed E-state index contributed by atoms with van der Waals surface area (Å²) in [6.07, 6.45) is -1.39.